The molecule has 5 rings (SSSR count). The van der Waals surface area contributed by atoms with E-state index in [1.807, 2.05) is 105 Å². The largest absolute Gasteiger partial charge is 0.444 e. The molecule has 1 saturated heterocycles. The second-order valence-electron chi connectivity index (χ2n) is 12.5. The molecule has 45 heavy (non-hydrogen) atoms. The summed E-state index contributed by atoms with van der Waals surface area (Å²) in [5, 5.41) is 10.9. The zero-order valence-electron chi connectivity index (χ0n) is 26.6. The van der Waals surface area contributed by atoms with Crippen molar-refractivity contribution in [3.8, 4) is 0 Å². The Morgan fingerprint density at radius 2 is 1.67 bits per heavy atom. The first-order valence-corrected chi connectivity index (χ1v) is 15.5. The minimum absolute atomic E-state index is 0.00863. The van der Waals surface area contributed by atoms with Gasteiger partial charge >= 0.3 is 6.09 Å². The van der Waals surface area contributed by atoms with Gasteiger partial charge in [-0.1, -0.05) is 36.4 Å². The van der Waals surface area contributed by atoms with E-state index < -0.39 is 11.7 Å². The number of ether oxygens (including phenoxy) is 1. The van der Waals surface area contributed by atoms with Crippen LogP contribution in [0.15, 0.2) is 85.0 Å². The number of para-hydroxylation sites is 1. The number of likely N-dealkylation sites (tertiary alicyclic amines) is 1. The molecule has 11 nitrogen and oxygen atoms in total. The number of nitrogens with zero attached hydrogens (tertiary/aromatic N) is 6. The van der Waals surface area contributed by atoms with Gasteiger partial charge in [-0.2, -0.15) is 5.10 Å². The number of allylic oxidation sites excluding steroid dienone is 1. The van der Waals surface area contributed by atoms with Crippen LogP contribution in [0.3, 0.4) is 0 Å². The number of carbonyl (C=O) groups excluding carboxylic acids is 3. The number of alkyl carbamates (subject to hydrolysis) is 1. The summed E-state index contributed by atoms with van der Waals surface area (Å²) in [5.74, 6) is -0.0661. The third-order valence-electron chi connectivity index (χ3n) is 7.79. The zero-order chi connectivity index (χ0) is 32.0. The summed E-state index contributed by atoms with van der Waals surface area (Å²) in [6.07, 6.45) is 8.16. The SMILES string of the molecule is Cn1cc(N(C(=O)c2ccccc2)N2CN(c3ccccc3)C=C2CCCC(=O)N2CCC(NC(=O)OC(C)(C)C)CC2)cn1. The molecular formula is C34H43N7O4. The van der Waals surface area contributed by atoms with Gasteiger partial charge in [0.05, 0.1) is 18.1 Å². The Morgan fingerprint density at radius 3 is 2.29 bits per heavy atom. The number of carbonyl (C=O) groups is 3. The molecule has 1 N–H and O–H groups in total. The predicted octanol–water partition coefficient (Wildman–Crippen LogP) is 5.29. The Kier molecular flexibility index (Phi) is 9.75. The summed E-state index contributed by atoms with van der Waals surface area (Å²) in [6.45, 7) is 7.13. The third-order valence-corrected chi connectivity index (χ3v) is 7.79. The molecule has 0 aliphatic carbocycles. The van der Waals surface area contributed by atoms with Crippen molar-refractivity contribution in [2.45, 2.75) is 64.5 Å². The predicted molar refractivity (Wildman–Crippen MR) is 173 cm³/mol. The molecule has 3 heterocycles. The molecule has 2 aromatic carbocycles. The van der Waals surface area contributed by atoms with E-state index in [2.05, 4.69) is 21.5 Å². The Bertz CT molecular complexity index is 1490. The molecule has 3 aromatic rings. The van der Waals surface area contributed by atoms with Crippen LogP contribution in [-0.4, -0.2) is 69.0 Å². The highest BCUT2D eigenvalue weighted by molar-refractivity contribution is 6.05. The van der Waals surface area contributed by atoms with Crippen molar-refractivity contribution in [3.05, 3.63) is 90.5 Å². The van der Waals surface area contributed by atoms with Gasteiger partial charge in [-0.15, -0.1) is 0 Å². The molecule has 0 saturated carbocycles. The first-order valence-electron chi connectivity index (χ1n) is 15.5. The van der Waals surface area contributed by atoms with E-state index in [0.717, 1.165) is 11.4 Å². The summed E-state index contributed by atoms with van der Waals surface area (Å²) >= 11 is 0. The normalized spacial score (nSPS) is 15.6. The van der Waals surface area contributed by atoms with E-state index >= 15 is 0 Å². The second-order valence-corrected chi connectivity index (χ2v) is 12.5. The molecule has 0 bridgehead atoms. The minimum Gasteiger partial charge on any atom is -0.444 e. The summed E-state index contributed by atoms with van der Waals surface area (Å²) in [5.41, 5.74) is 2.62. The Hall–Kier alpha value is -4.80. The van der Waals surface area contributed by atoms with Gasteiger partial charge in [-0.25, -0.2) is 9.80 Å². The monoisotopic (exact) mass is 613 g/mol. The number of rotatable bonds is 9. The summed E-state index contributed by atoms with van der Waals surface area (Å²) < 4.78 is 7.06. The lowest BCUT2D eigenvalue weighted by Gasteiger charge is -2.35. The topological polar surface area (TPSA) is 103 Å². The Labute approximate surface area is 265 Å². The number of amides is 3. The molecule has 0 atom stereocenters. The highest BCUT2D eigenvalue weighted by Gasteiger charge is 2.33. The van der Waals surface area contributed by atoms with Crippen molar-refractivity contribution in [3.63, 3.8) is 0 Å². The van der Waals surface area contributed by atoms with Gasteiger partial charge in [0, 0.05) is 50.1 Å². The molecule has 0 radical (unpaired) electrons. The second kappa shape index (κ2) is 13.9. The number of hydrogen-bond acceptors (Lipinski definition) is 7. The van der Waals surface area contributed by atoms with E-state index in [-0.39, 0.29) is 17.9 Å². The van der Waals surface area contributed by atoms with E-state index in [9.17, 15) is 14.4 Å². The Morgan fingerprint density at radius 1 is 1.00 bits per heavy atom. The average molecular weight is 614 g/mol. The van der Waals surface area contributed by atoms with Gasteiger partial charge in [0.25, 0.3) is 5.91 Å². The van der Waals surface area contributed by atoms with Crippen molar-refractivity contribution < 1.29 is 19.1 Å². The molecule has 238 valence electrons. The molecule has 1 aromatic heterocycles. The van der Waals surface area contributed by atoms with Crippen LogP contribution >= 0.6 is 0 Å². The molecular weight excluding hydrogens is 570 g/mol. The summed E-state index contributed by atoms with van der Waals surface area (Å²) in [4.78, 5) is 43.3. The zero-order valence-corrected chi connectivity index (χ0v) is 26.6. The van der Waals surface area contributed by atoms with Crippen LogP contribution in [0.4, 0.5) is 16.2 Å². The number of hydrazine groups is 1. The van der Waals surface area contributed by atoms with Crippen LogP contribution in [0.5, 0.6) is 0 Å². The van der Waals surface area contributed by atoms with Gasteiger partial charge in [0.1, 0.15) is 18.0 Å². The number of nitrogens with one attached hydrogen (secondary N) is 1. The molecule has 0 spiro atoms. The first kappa shape index (κ1) is 31.6. The van der Waals surface area contributed by atoms with Gasteiger partial charge in [-0.05, 0) is 70.7 Å². The fourth-order valence-electron chi connectivity index (χ4n) is 5.60. The van der Waals surface area contributed by atoms with Crippen molar-refractivity contribution in [2.75, 3.05) is 29.7 Å². The summed E-state index contributed by atoms with van der Waals surface area (Å²) in [6, 6.07) is 19.2. The maximum atomic E-state index is 14.0. The molecule has 3 amide bonds. The molecule has 11 heteroatoms. The number of benzene rings is 2. The van der Waals surface area contributed by atoms with Gasteiger partial charge in [0.15, 0.2) is 0 Å². The molecule has 0 unspecified atom stereocenters. The van der Waals surface area contributed by atoms with Gasteiger partial charge in [0.2, 0.25) is 5.91 Å². The number of hydrogen-bond donors (Lipinski definition) is 1. The lowest BCUT2D eigenvalue weighted by Crippen LogP contribution is -2.47. The summed E-state index contributed by atoms with van der Waals surface area (Å²) in [7, 11) is 1.83. The maximum absolute atomic E-state index is 14.0. The quantitative estimate of drug-likeness (QED) is 0.350. The number of anilines is 2. The van der Waals surface area contributed by atoms with E-state index in [1.54, 1.807) is 15.9 Å². The van der Waals surface area contributed by atoms with Crippen molar-refractivity contribution >= 4 is 29.3 Å². The maximum Gasteiger partial charge on any atom is 0.407 e. The van der Waals surface area contributed by atoms with Crippen LogP contribution in [0.1, 0.15) is 63.2 Å². The fourth-order valence-corrected chi connectivity index (χ4v) is 5.60. The van der Waals surface area contributed by atoms with Crippen LogP contribution in [0, 0.1) is 0 Å². The number of aryl methyl sites for hydroxylation is 1. The lowest BCUT2D eigenvalue weighted by molar-refractivity contribution is -0.132. The van der Waals surface area contributed by atoms with Gasteiger partial charge in [-0.3, -0.25) is 19.3 Å². The van der Waals surface area contributed by atoms with Crippen molar-refractivity contribution in [1.29, 1.82) is 0 Å². The Balaban J connectivity index is 1.26. The standard InChI is InChI=1S/C34H43N7O4/c1-34(2,3)45-33(44)36-27-18-20-38(21-19-27)31(42)17-11-16-29-24-39(28-14-9-6-10-15-28)25-40(29)41(30-22-35-37(4)23-30)32(43)26-12-7-5-8-13-26/h5-10,12-15,22-24,27H,11,16-21,25H2,1-4H3,(H,36,44). The smallest absolute Gasteiger partial charge is 0.407 e. The van der Waals surface area contributed by atoms with E-state index in [4.69, 9.17) is 4.74 Å². The van der Waals surface area contributed by atoms with Crippen molar-refractivity contribution in [2.24, 2.45) is 7.05 Å². The first-order chi connectivity index (χ1) is 21.6. The van der Waals surface area contributed by atoms with Crippen LogP contribution in [0.25, 0.3) is 0 Å². The highest BCUT2D eigenvalue weighted by atomic mass is 16.6. The minimum atomic E-state index is -0.549. The third kappa shape index (κ3) is 8.23. The lowest BCUT2D eigenvalue weighted by atomic mass is 10.0. The molecule has 1 fully saturated rings. The van der Waals surface area contributed by atoms with Crippen molar-refractivity contribution in [1.82, 2.24) is 25.0 Å². The molecule has 2 aliphatic rings. The molecule has 2 aliphatic heterocycles. The van der Waals surface area contributed by atoms with Crippen LogP contribution < -0.4 is 15.2 Å². The number of piperidine rings is 1. The van der Waals surface area contributed by atoms with Crippen LogP contribution in [0.2, 0.25) is 0 Å². The number of aromatic nitrogens is 2. The fraction of sp³-hybridized carbons (Fsp3) is 0.412. The average Bonchev–Trinajstić information content (AvgIpc) is 3.64. The van der Waals surface area contributed by atoms with E-state index in [0.29, 0.717) is 63.1 Å². The van der Waals surface area contributed by atoms with Gasteiger partial charge < -0.3 is 19.9 Å². The highest BCUT2D eigenvalue weighted by Crippen LogP contribution is 2.31. The van der Waals surface area contributed by atoms with E-state index in [1.165, 1.54) is 0 Å². The van der Waals surface area contributed by atoms with Crippen LogP contribution in [-0.2, 0) is 16.6 Å².